The molecule has 196 valence electrons. The monoisotopic (exact) mass is 511 g/mol. The molecule has 0 spiro atoms. The minimum absolute atomic E-state index is 0.239. The maximum absolute atomic E-state index is 13.3. The third-order valence-corrected chi connectivity index (χ3v) is 6.88. The lowest BCUT2D eigenvalue weighted by Gasteiger charge is -2.44. The molecule has 4 aromatic rings. The van der Waals surface area contributed by atoms with Crippen molar-refractivity contribution in [3.8, 4) is 5.75 Å². The SMILES string of the molecule is Cc1ccc(COC2C(OCc3ccccc3)c3cc(NCc4ccc(F)cc4)ccc3OC2(C)C)cc1. The highest BCUT2D eigenvalue weighted by Crippen LogP contribution is 2.45. The molecule has 1 heterocycles. The summed E-state index contributed by atoms with van der Waals surface area (Å²) in [5, 5.41) is 3.45. The van der Waals surface area contributed by atoms with E-state index in [0.717, 1.165) is 33.7 Å². The summed E-state index contributed by atoms with van der Waals surface area (Å²) in [6.45, 7) is 7.67. The molecule has 1 aliphatic heterocycles. The second kappa shape index (κ2) is 11.4. The van der Waals surface area contributed by atoms with Gasteiger partial charge in [0.05, 0.1) is 13.2 Å². The van der Waals surface area contributed by atoms with Crippen LogP contribution >= 0.6 is 0 Å². The lowest BCUT2D eigenvalue weighted by molar-refractivity contribution is -0.170. The smallest absolute Gasteiger partial charge is 0.132 e. The zero-order valence-corrected chi connectivity index (χ0v) is 22.1. The van der Waals surface area contributed by atoms with Crippen LogP contribution in [0.1, 0.15) is 47.8 Å². The number of anilines is 1. The Morgan fingerprint density at radius 2 is 1.45 bits per heavy atom. The number of ether oxygens (including phenoxy) is 3. The maximum atomic E-state index is 13.3. The van der Waals surface area contributed by atoms with Crippen molar-refractivity contribution in [2.45, 2.75) is 58.3 Å². The van der Waals surface area contributed by atoms with Crippen LogP contribution in [0.4, 0.5) is 10.1 Å². The minimum atomic E-state index is -0.609. The van der Waals surface area contributed by atoms with E-state index in [9.17, 15) is 4.39 Å². The molecule has 0 amide bonds. The number of fused-ring (bicyclic) bond motifs is 1. The van der Waals surface area contributed by atoms with Gasteiger partial charge in [0, 0.05) is 17.8 Å². The van der Waals surface area contributed by atoms with Gasteiger partial charge in [0.25, 0.3) is 0 Å². The van der Waals surface area contributed by atoms with Crippen LogP contribution in [0.5, 0.6) is 5.75 Å². The van der Waals surface area contributed by atoms with Gasteiger partial charge in [-0.3, -0.25) is 0 Å². The first-order valence-electron chi connectivity index (χ1n) is 13.0. The van der Waals surface area contributed by atoms with E-state index in [-0.39, 0.29) is 18.0 Å². The predicted octanol–water partition coefficient (Wildman–Crippen LogP) is 7.76. The molecule has 38 heavy (non-hydrogen) atoms. The Morgan fingerprint density at radius 3 is 2.18 bits per heavy atom. The molecule has 1 N–H and O–H groups in total. The summed E-state index contributed by atoms with van der Waals surface area (Å²) in [5.74, 6) is 0.549. The van der Waals surface area contributed by atoms with Gasteiger partial charge in [-0.2, -0.15) is 0 Å². The average Bonchev–Trinajstić information content (AvgIpc) is 2.92. The quantitative estimate of drug-likeness (QED) is 0.249. The Morgan fingerprint density at radius 1 is 0.789 bits per heavy atom. The van der Waals surface area contributed by atoms with Crippen molar-refractivity contribution in [1.82, 2.24) is 0 Å². The van der Waals surface area contributed by atoms with Crippen molar-refractivity contribution in [1.29, 1.82) is 0 Å². The van der Waals surface area contributed by atoms with Gasteiger partial charge in [-0.1, -0.05) is 72.3 Å². The second-order valence-corrected chi connectivity index (χ2v) is 10.4. The van der Waals surface area contributed by atoms with Crippen molar-refractivity contribution < 1.29 is 18.6 Å². The van der Waals surface area contributed by atoms with Gasteiger partial charge in [0.2, 0.25) is 0 Å². The van der Waals surface area contributed by atoms with Crippen LogP contribution < -0.4 is 10.1 Å². The molecule has 0 fully saturated rings. The van der Waals surface area contributed by atoms with E-state index in [4.69, 9.17) is 14.2 Å². The minimum Gasteiger partial charge on any atom is -0.485 e. The van der Waals surface area contributed by atoms with E-state index < -0.39 is 5.60 Å². The van der Waals surface area contributed by atoms with E-state index >= 15 is 0 Å². The lowest BCUT2D eigenvalue weighted by atomic mass is 9.87. The molecule has 0 bridgehead atoms. The summed E-state index contributed by atoms with van der Waals surface area (Å²) in [5.41, 5.74) is 5.68. The van der Waals surface area contributed by atoms with Crippen molar-refractivity contribution in [2.75, 3.05) is 5.32 Å². The number of nitrogens with one attached hydrogen (secondary N) is 1. The highest BCUT2D eigenvalue weighted by molar-refractivity contribution is 5.54. The molecule has 1 aliphatic rings. The third kappa shape index (κ3) is 6.24. The molecule has 2 atom stereocenters. The van der Waals surface area contributed by atoms with E-state index in [1.54, 1.807) is 12.1 Å². The highest BCUT2D eigenvalue weighted by Gasteiger charge is 2.45. The van der Waals surface area contributed by atoms with Crippen LogP contribution in [0.3, 0.4) is 0 Å². The zero-order valence-electron chi connectivity index (χ0n) is 22.1. The Bertz CT molecular complexity index is 1340. The lowest BCUT2D eigenvalue weighted by Crippen LogP contribution is -2.50. The van der Waals surface area contributed by atoms with E-state index in [0.29, 0.717) is 19.8 Å². The number of halogens is 1. The number of rotatable bonds is 9. The molecule has 5 rings (SSSR count). The molecule has 0 radical (unpaired) electrons. The van der Waals surface area contributed by atoms with E-state index in [2.05, 4.69) is 68.6 Å². The first-order chi connectivity index (χ1) is 18.4. The number of hydrogen-bond donors (Lipinski definition) is 1. The summed E-state index contributed by atoms with van der Waals surface area (Å²) in [4.78, 5) is 0. The van der Waals surface area contributed by atoms with Gasteiger partial charge >= 0.3 is 0 Å². The van der Waals surface area contributed by atoms with Crippen LogP contribution in [0, 0.1) is 12.7 Å². The molecule has 0 aliphatic carbocycles. The van der Waals surface area contributed by atoms with Gasteiger partial charge in [0.15, 0.2) is 0 Å². The molecule has 0 saturated heterocycles. The normalized spacial score (nSPS) is 17.9. The van der Waals surface area contributed by atoms with Crippen LogP contribution in [0.25, 0.3) is 0 Å². The third-order valence-electron chi connectivity index (χ3n) is 6.88. The molecule has 0 aromatic heterocycles. The zero-order chi connectivity index (χ0) is 26.5. The van der Waals surface area contributed by atoms with Crippen LogP contribution in [0.2, 0.25) is 0 Å². The van der Waals surface area contributed by atoms with Crippen molar-refractivity contribution in [3.63, 3.8) is 0 Å². The fourth-order valence-electron chi connectivity index (χ4n) is 4.75. The van der Waals surface area contributed by atoms with Gasteiger partial charge in [-0.05, 0) is 67.8 Å². The van der Waals surface area contributed by atoms with E-state index in [1.807, 2.05) is 30.3 Å². The summed E-state index contributed by atoms with van der Waals surface area (Å²) >= 11 is 0. The van der Waals surface area contributed by atoms with Gasteiger partial charge in [-0.15, -0.1) is 0 Å². The molecular weight excluding hydrogens is 477 g/mol. The first kappa shape index (κ1) is 26.0. The standard InChI is InChI=1S/C33H34FNO3/c1-23-9-11-26(12-10-23)22-37-32-31(36-21-25-7-5-4-6-8-25)29-19-28(17-18-30(29)38-33(32,2)3)35-20-24-13-15-27(34)16-14-24/h4-19,31-32,35H,20-22H2,1-3H3. The van der Waals surface area contributed by atoms with Crippen molar-refractivity contribution in [3.05, 3.63) is 131 Å². The predicted molar refractivity (Wildman–Crippen MR) is 149 cm³/mol. The Hall–Kier alpha value is -3.67. The molecule has 5 heteroatoms. The Balaban J connectivity index is 1.41. The molecule has 2 unspecified atom stereocenters. The molecule has 4 aromatic carbocycles. The largest absolute Gasteiger partial charge is 0.485 e. The summed E-state index contributed by atoms with van der Waals surface area (Å²) < 4.78 is 32.9. The van der Waals surface area contributed by atoms with Crippen LogP contribution in [0.15, 0.2) is 97.1 Å². The fraction of sp³-hybridized carbons (Fsp3) is 0.273. The molecule has 0 saturated carbocycles. The van der Waals surface area contributed by atoms with Gasteiger partial charge in [0.1, 0.15) is 29.4 Å². The van der Waals surface area contributed by atoms with Crippen LogP contribution in [-0.4, -0.2) is 11.7 Å². The Labute approximate surface area is 224 Å². The number of hydrogen-bond acceptors (Lipinski definition) is 4. The fourth-order valence-corrected chi connectivity index (χ4v) is 4.75. The topological polar surface area (TPSA) is 39.7 Å². The maximum Gasteiger partial charge on any atom is 0.132 e. The van der Waals surface area contributed by atoms with E-state index in [1.165, 1.54) is 17.7 Å². The Kier molecular flexibility index (Phi) is 7.77. The summed E-state index contributed by atoms with van der Waals surface area (Å²) in [7, 11) is 0. The van der Waals surface area contributed by atoms with Crippen molar-refractivity contribution in [2.24, 2.45) is 0 Å². The van der Waals surface area contributed by atoms with Gasteiger partial charge < -0.3 is 19.5 Å². The highest BCUT2D eigenvalue weighted by atomic mass is 19.1. The summed E-state index contributed by atoms with van der Waals surface area (Å²) in [6.07, 6.45) is -0.681. The number of benzene rings is 4. The summed E-state index contributed by atoms with van der Waals surface area (Å²) in [6, 6.07) is 31.1. The molecular formula is C33H34FNO3. The molecule has 4 nitrogen and oxygen atoms in total. The number of aryl methyl sites for hydroxylation is 1. The average molecular weight is 512 g/mol. The second-order valence-electron chi connectivity index (χ2n) is 10.4. The van der Waals surface area contributed by atoms with Gasteiger partial charge in [-0.25, -0.2) is 4.39 Å². The van der Waals surface area contributed by atoms with Crippen LogP contribution in [-0.2, 0) is 29.2 Å². The first-order valence-corrected chi connectivity index (χ1v) is 13.0. The van der Waals surface area contributed by atoms with Crippen molar-refractivity contribution >= 4 is 5.69 Å².